The molecule has 4 nitrogen and oxygen atoms in total. The van der Waals surface area contributed by atoms with Gasteiger partial charge >= 0.3 is 0 Å². The molecule has 0 heterocycles. The summed E-state index contributed by atoms with van der Waals surface area (Å²) in [7, 11) is 0. The van der Waals surface area contributed by atoms with Gasteiger partial charge in [-0.3, -0.25) is 9.59 Å². The lowest BCUT2D eigenvalue weighted by molar-refractivity contribution is 0.0996. The molecule has 0 saturated carbocycles. The monoisotopic (exact) mass is 268 g/mol. The molecule has 2 rings (SSSR count). The lowest BCUT2D eigenvalue weighted by Gasteiger charge is -2.08. The molecule has 3 N–H and O–H groups in total. The van der Waals surface area contributed by atoms with Crippen molar-refractivity contribution in [3.8, 4) is 0 Å². The van der Waals surface area contributed by atoms with E-state index in [2.05, 4.69) is 5.32 Å². The first kappa shape index (κ1) is 13.8. The average Bonchev–Trinajstić information content (AvgIpc) is 2.37. The molecule has 2 aromatic carbocycles. The Morgan fingerprint density at radius 1 is 0.950 bits per heavy atom. The third-order valence-electron chi connectivity index (χ3n) is 2.89. The van der Waals surface area contributed by atoms with Crippen LogP contribution in [0.5, 0.6) is 0 Å². The lowest BCUT2D eigenvalue weighted by atomic mass is 10.1. The Kier molecular flexibility index (Phi) is 3.84. The SMILES string of the molecule is Cc1cc(C)cc(C(=O)Nc2cccc(C(N)=O)c2)c1. The Bertz CT molecular complexity index is 658. The van der Waals surface area contributed by atoms with Crippen molar-refractivity contribution in [2.24, 2.45) is 5.73 Å². The second-order valence-corrected chi connectivity index (χ2v) is 4.78. The van der Waals surface area contributed by atoms with Crippen molar-refractivity contribution in [3.05, 3.63) is 64.7 Å². The van der Waals surface area contributed by atoms with Gasteiger partial charge in [-0.2, -0.15) is 0 Å². The number of amides is 2. The molecular weight excluding hydrogens is 252 g/mol. The summed E-state index contributed by atoms with van der Waals surface area (Å²) < 4.78 is 0. The van der Waals surface area contributed by atoms with E-state index in [9.17, 15) is 9.59 Å². The number of benzene rings is 2. The van der Waals surface area contributed by atoms with Gasteiger partial charge in [0.1, 0.15) is 0 Å². The summed E-state index contributed by atoms with van der Waals surface area (Å²) >= 11 is 0. The van der Waals surface area contributed by atoms with Crippen molar-refractivity contribution >= 4 is 17.5 Å². The van der Waals surface area contributed by atoms with E-state index in [4.69, 9.17) is 5.73 Å². The normalized spacial score (nSPS) is 10.1. The highest BCUT2D eigenvalue weighted by Gasteiger charge is 2.08. The summed E-state index contributed by atoms with van der Waals surface area (Å²) in [4.78, 5) is 23.3. The van der Waals surface area contributed by atoms with Crippen LogP contribution in [-0.2, 0) is 0 Å². The predicted octanol–water partition coefficient (Wildman–Crippen LogP) is 2.65. The van der Waals surface area contributed by atoms with Gasteiger partial charge in [0, 0.05) is 16.8 Å². The molecular formula is C16H16N2O2. The molecule has 0 aromatic heterocycles. The zero-order valence-corrected chi connectivity index (χ0v) is 11.4. The smallest absolute Gasteiger partial charge is 0.255 e. The van der Waals surface area contributed by atoms with E-state index < -0.39 is 5.91 Å². The Hall–Kier alpha value is -2.62. The van der Waals surface area contributed by atoms with Gasteiger partial charge in [-0.15, -0.1) is 0 Å². The molecule has 4 heteroatoms. The van der Waals surface area contributed by atoms with Crippen LogP contribution in [0.1, 0.15) is 31.8 Å². The fraction of sp³-hybridized carbons (Fsp3) is 0.125. The number of hydrogen-bond donors (Lipinski definition) is 2. The van der Waals surface area contributed by atoms with Crippen molar-refractivity contribution in [3.63, 3.8) is 0 Å². The van der Waals surface area contributed by atoms with E-state index in [1.54, 1.807) is 24.3 Å². The van der Waals surface area contributed by atoms with Gasteiger partial charge < -0.3 is 11.1 Å². The largest absolute Gasteiger partial charge is 0.366 e. The minimum Gasteiger partial charge on any atom is -0.366 e. The second kappa shape index (κ2) is 5.57. The van der Waals surface area contributed by atoms with Crippen molar-refractivity contribution in [1.29, 1.82) is 0 Å². The second-order valence-electron chi connectivity index (χ2n) is 4.78. The van der Waals surface area contributed by atoms with Crippen LogP contribution in [0.2, 0.25) is 0 Å². The molecule has 0 bridgehead atoms. The molecule has 0 aliphatic rings. The molecule has 2 aromatic rings. The summed E-state index contributed by atoms with van der Waals surface area (Å²) in [6.45, 7) is 3.88. The first-order valence-electron chi connectivity index (χ1n) is 6.25. The fourth-order valence-corrected chi connectivity index (χ4v) is 2.06. The average molecular weight is 268 g/mol. The van der Waals surface area contributed by atoms with Crippen LogP contribution in [0.4, 0.5) is 5.69 Å². The standard InChI is InChI=1S/C16H16N2O2/c1-10-6-11(2)8-13(7-10)16(20)18-14-5-3-4-12(9-14)15(17)19/h3-9H,1-2H3,(H2,17,19)(H,18,20). The molecule has 0 spiro atoms. The van der Waals surface area contributed by atoms with E-state index in [-0.39, 0.29) is 5.91 Å². The Morgan fingerprint density at radius 3 is 2.20 bits per heavy atom. The highest BCUT2D eigenvalue weighted by Crippen LogP contribution is 2.14. The third kappa shape index (κ3) is 3.23. The molecule has 0 saturated heterocycles. The maximum atomic E-state index is 12.2. The number of anilines is 1. The molecule has 0 radical (unpaired) electrons. The van der Waals surface area contributed by atoms with Gasteiger partial charge in [-0.25, -0.2) is 0 Å². The number of nitrogens with one attached hydrogen (secondary N) is 1. The minimum atomic E-state index is -0.521. The Morgan fingerprint density at radius 2 is 1.60 bits per heavy atom. The maximum absolute atomic E-state index is 12.2. The van der Waals surface area contributed by atoms with Crippen LogP contribution in [0.25, 0.3) is 0 Å². The summed E-state index contributed by atoms with van der Waals surface area (Å²) in [5, 5.41) is 2.76. The van der Waals surface area contributed by atoms with Crippen LogP contribution >= 0.6 is 0 Å². The number of nitrogens with two attached hydrogens (primary N) is 1. The Labute approximate surface area is 117 Å². The molecule has 0 atom stereocenters. The number of carbonyl (C=O) groups excluding carboxylic acids is 2. The number of aryl methyl sites for hydroxylation is 2. The van der Waals surface area contributed by atoms with Gasteiger partial charge in [0.2, 0.25) is 5.91 Å². The zero-order valence-electron chi connectivity index (χ0n) is 11.4. The molecule has 0 fully saturated rings. The van der Waals surface area contributed by atoms with Crippen molar-refractivity contribution < 1.29 is 9.59 Å². The molecule has 0 aliphatic carbocycles. The first-order valence-corrected chi connectivity index (χ1v) is 6.25. The van der Waals surface area contributed by atoms with Crippen molar-refractivity contribution in [2.45, 2.75) is 13.8 Å². The predicted molar refractivity (Wildman–Crippen MR) is 78.8 cm³/mol. The molecule has 102 valence electrons. The zero-order chi connectivity index (χ0) is 14.7. The van der Waals surface area contributed by atoms with Gasteiger partial charge in [0.25, 0.3) is 5.91 Å². The number of primary amides is 1. The van der Waals surface area contributed by atoms with Crippen LogP contribution in [0, 0.1) is 13.8 Å². The number of carbonyl (C=O) groups is 2. The van der Waals surface area contributed by atoms with Gasteiger partial charge in [-0.1, -0.05) is 23.3 Å². The van der Waals surface area contributed by atoms with E-state index in [0.717, 1.165) is 11.1 Å². The maximum Gasteiger partial charge on any atom is 0.255 e. The van der Waals surface area contributed by atoms with E-state index >= 15 is 0 Å². The van der Waals surface area contributed by atoms with Crippen LogP contribution < -0.4 is 11.1 Å². The van der Waals surface area contributed by atoms with Crippen LogP contribution in [-0.4, -0.2) is 11.8 Å². The minimum absolute atomic E-state index is 0.210. The summed E-state index contributed by atoms with van der Waals surface area (Å²) in [6.07, 6.45) is 0. The fourth-order valence-electron chi connectivity index (χ4n) is 2.06. The van der Waals surface area contributed by atoms with E-state index in [1.807, 2.05) is 32.0 Å². The van der Waals surface area contributed by atoms with E-state index in [0.29, 0.717) is 16.8 Å². The van der Waals surface area contributed by atoms with E-state index in [1.165, 1.54) is 0 Å². The highest BCUT2D eigenvalue weighted by molar-refractivity contribution is 6.05. The summed E-state index contributed by atoms with van der Waals surface area (Å²) in [6, 6.07) is 12.2. The first-order chi connectivity index (χ1) is 9.45. The summed E-state index contributed by atoms with van der Waals surface area (Å²) in [5.41, 5.74) is 8.77. The summed E-state index contributed by atoms with van der Waals surface area (Å²) in [5.74, 6) is -0.731. The third-order valence-corrected chi connectivity index (χ3v) is 2.89. The van der Waals surface area contributed by atoms with Crippen molar-refractivity contribution in [1.82, 2.24) is 0 Å². The highest BCUT2D eigenvalue weighted by atomic mass is 16.2. The van der Waals surface area contributed by atoms with Gasteiger partial charge in [-0.05, 0) is 44.2 Å². The molecule has 0 aliphatic heterocycles. The Balaban J connectivity index is 2.23. The molecule has 20 heavy (non-hydrogen) atoms. The lowest BCUT2D eigenvalue weighted by Crippen LogP contribution is -2.14. The van der Waals surface area contributed by atoms with Gasteiger partial charge in [0.05, 0.1) is 0 Å². The number of hydrogen-bond acceptors (Lipinski definition) is 2. The molecule has 2 amide bonds. The van der Waals surface area contributed by atoms with Gasteiger partial charge in [0.15, 0.2) is 0 Å². The topological polar surface area (TPSA) is 72.2 Å². The van der Waals surface area contributed by atoms with Crippen LogP contribution in [0.3, 0.4) is 0 Å². The number of rotatable bonds is 3. The van der Waals surface area contributed by atoms with Crippen molar-refractivity contribution in [2.75, 3.05) is 5.32 Å². The quantitative estimate of drug-likeness (QED) is 0.898. The molecule has 0 unspecified atom stereocenters. The van der Waals surface area contributed by atoms with Crippen LogP contribution in [0.15, 0.2) is 42.5 Å².